The molecule has 3 N–H and O–H groups in total. The highest BCUT2D eigenvalue weighted by Gasteiger charge is 2.39. The van der Waals surface area contributed by atoms with E-state index in [9.17, 15) is 24.0 Å². The van der Waals surface area contributed by atoms with E-state index in [0.29, 0.717) is 36.9 Å². The molecule has 10 nitrogen and oxygen atoms in total. The van der Waals surface area contributed by atoms with Gasteiger partial charge in [-0.2, -0.15) is 0 Å². The van der Waals surface area contributed by atoms with Gasteiger partial charge in [0.15, 0.2) is 0 Å². The number of benzene rings is 2. The third kappa shape index (κ3) is 6.16. The molecule has 1 unspecified atom stereocenters. The molecule has 5 amide bonds. The van der Waals surface area contributed by atoms with Gasteiger partial charge in [0.1, 0.15) is 12.1 Å². The molecule has 0 aliphatic carbocycles. The van der Waals surface area contributed by atoms with Crippen LogP contribution >= 0.6 is 0 Å². The maximum absolute atomic E-state index is 13.3. The van der Waals surface area contributed by atoms with Crippen LogP contribution in [0, 0.1) is 0 Å². The van der Waals surface area contributed by atoms with Crippen molar-refractivity contribution < 1.29 is 24.0 Å². The SMILES string of the molecule is CC(=O)N[C@@H](CCCc1cccc2c1CN(C1CCC(=O)NC1=O)C2=O)C(=O)Nc1ccccc1-c1ccccn1. The van der Waals surface area contributed by atoms with E-state index in [1.807, 2.05) is 48.5 Å². The number of nitrogens with zero attached hydrogens (tertiary/aromatic N) is 2. The zero-order valence-electron chi connectivity index (χ0n) is 22.7. The van der Waals surface area contributed by atoms with Gasteiger partial charge in [0.05, 0.1) is 11.4 Å². The van der Waals surface area contributed by atoms with E-state index in [-0.39, 0.29) is 36.6 Å². The van der Waals surface area contributed by atoms with E-state index in [4.69, 9.17) is 0 Å². The molecule has 3 aromatic rings. The van der Waals surface area contributed by atoms with Gasteiger partial charge >= 0.3 is 0 Å². The minimum absolute atomic E-state index is 0.197. The van der Waals surface area contributed by atoms with Crippen LogP contribution in [0.15, 0.2) is 66.9 Å². The van der Waals surface area contributed by atoms with Gasteiger partial charge < -0.3 is 15.5 Å². The number of hydrogen-bond donors (Lipinski definition) is 3. The Morgan fingerprint density at radius 3 is 2.56 bits per heavy atom. The normalized spacial score (nSPS) is 17.0. The lowest BCUT2D eigenvalue weighted by atomic mass is 9.97. The molecule has 0 saturated carbocycles. The molecule has 10 heteroatoms. The third-order valence-electron chi connectivity index (χ3n) is 7.44. The summed E-state index contributed by atoms with van der Waals surface area (Å²) in [6.07, 6.45) is 3.72. The zero-order valence-corrected chi connectivity index (χ0v) is 22.7. The number of para-hydroxylation sites is 1. The number of amides is 5. The number of imide groups is 1. The predicted octanol–water partition coefficient (Wildman–Crippen LogP) is 2.98. The van der Waals surface area contributed by atoms with E-state index in [2.05, 4.69) is 20.9 Å². The van der Waals surface area contributed by atoms with Crippen LogP contribution in [0.1, 0.15) is 54.1 Å². The lowest BCUT2D eigenvalue weighted by Gasteiger charge is -2.29. The van der Waals surface area contributed by atoms with Crippen molar-refractivity contribution >= 4 is 35.2 Å². The number of pyridine rings is 1. The summed E-state index contributed by atoms with van der Waals surface area (Å²) < 4.78 is 0. The highest BCUT2D eigenvalue weighted by Crippen LogP contribution is 2.31. The van der Waals surface area contributed by atoms with Crippen LogP contribution in [-0.4, -0.2) is 51.5 Å². The molecule has 0 radical (unpaired) electrons. The first-order valence-corrected chi connectivity index (χ1v) is 13.7. The third-order valence-corrected chi connectivity index (χ3v) is 7.44. The van der Waals surface area contributed by atoms with Gasteiger partial charge in [-0.05, 0) is 61.1 Å². The minimum atomic E-state index is -0.761. The summed E-state index contributed by atoms with van der Waals surface area (Å²) in [4.78, 5) is 68.3. The Hall–Kier alpha value is -4.86. The van der Waals surface area contributed by atoms with E-state index < -0.39 is 18.0 Å². The van der Waals surface area contributed by atoms with Crippen molar-refractivity contribution in [2.24, 2.45) is 0 Å². The second-order valence-corrected chi connectivity index (χ2v) is 10.2. The number of fused-ring (bicyclic) bond motifs is 1. The number of aromatic nitrogens is 1. The lowest BCUT2D eigenvalue weighted by molar-refractivity contribution is -0.137. The van der Waals surface area contributed by atoms with E-state index in [1.165, 1.54) is 11.8 Å². The van der Waals surface area contributed by atoms with E-state index in [1.54, 1.807) is 18.3 Å². The topological polar surface area (TPSA) is 138 Å². The molecule has 3 heterocycles. The van der Waals surface area contributed by atoms with Crippen LogP contribution in [-0.2, 0) is 32.1 Å². The Balaban J connectivity index is 1.26. The average Bonchev–Trinajstić information content (AvgIpc) is 3.29. The van der Waals surface area contributed by atoms with Crippen LogP contribution in [0.5, 0.6) is 0 Å². The van der Waals surface area contributed by atoms with Crippen molar-refractivity contribution in [2.75, 3.05) is 5.32 Å². The fraction of sp³-hybridized carbons (Fsp3) is 0.290. The highest BCUT2D eigenvalue weighted by molar-refractivity contribution is 6.05. The van der Waals surface area contributed by atoms with E-state index in [0.717, 1.165) is 22.4 Å². The van der Waals surface area contributed by atoms with Crippen molar-refractivity contribution in [3.8, 4) is 11.3 Å². The predicted molar refractivity (Wildman–Crippen MR) is 151 cm³/mol. The quantitative estimate of drug-likeness (QED) is 0.349. The van der Waals surface area contributed by atoms with Crippen LogP contribution < -0.4 is 16.0 Å². The molecular weight excluding hydrogens is 522 g/mol. The summed E-state index contributed by atoms with van der Waals surface area (Å²) in [5, 5.41) is 8.04. The Labute approximate surface area is 237 Å². The number of anilines is 1. The van der Waals surface area contributed by atoms with Crippen molar-refractivity contribution in [3.63, 3.8) is 0 Å². The van der Waals surface area contributed by atoms with Crippen LogP contribution in [0.3, 0.4) is 0 Å². The van der Waals surface area contributed by atoms with Gasteiger partial charge in [-0.3, -0.25) is 34.3 Å². The molecule has 1 aromatic heterocycles. The van der Waals surface area contributed by atoms with Crippen LogP contribution in [0.25, 0.3) is 11.3 Å². The summed E-state index contributed by atoms with van der Waals surface area (Å²) in [5.74, 6) is -1.64. The van der Waals surface area contributed by atoms with Gasteiger partial charge in [-0.1, -0.05) is 36.4 Å². The van der Waals surface area contributed by atoms with Gasteiger partial charge in [0, 0.05) is 37.2 Å². The maximum atomic E-state index is 13.3. The Morgan fingerprint density at radius 2 is 1.80 bits per heavy atom. The summed E-state index contributed by atoms with van der Waals surface area (Å²) in [6, 6.07) is 17.0. The number of nitrogens with one attached hydrogen (secondary N) is 3. The Morgan fingerprint density at radius 1 is 1.02 bits per heavy atom. The van der Waals surface area contributed by atoms with Crippen molar-refractivity contribution in [1.29, 1.82) is 0 Å². The minimum Gasteiger partial charge on any atom is -0.345 e. The number of rotatable bonds is 9. The molecule has 2 aliphatic rings. The number of carbonyl (C=O) groups excluding carboxylic acids is 5. The smallest absolute Gasteiger partial charge is 0.255 e. The first kappa shape index (κ1) is 27.7. The first-order chi connectivity index (χ1) is 19.8. The largest absolute Gasteiger partial charge is 0.345 e. The fourth-order valence-electron chi connectivity index (χ4n) is 5.45. The zero-order chi connectivity index (χ0) is 28.9. The molecule has 2 atom stereocenters. The lowest BCUT2D eigenvalue weighted by Crippen LogP contribution is -2.52. The second-order valence-electron chi connectivity index (χ2n) is 10.2. The summed E-state index contributed by atoms with van der Waals surface area (Å²) >= 11 is 0. The Kier molecular flexibility index (Phi) is 8.19. The van der Waals surface area contributed by atoms with Crippen molar-refractivity contribution in [3.05, 3.63) is 83.6 Å². The second kappa shape index (κ2) is 12.1. The molecule has 2 aromatic carbocycles. The maximum Gasteiger partial charge on any atom is 0.255 e. The first-order valence-electron chi connectivity index (χ1n) is 13.7. The molecule has 210 valence electrons. The highest BCUT2D eigenvalue weighted by atomic mass is 16.2. The molecule has 0 spiro atoms. The van der Waals surface area contributed by atoms with Crippen LogP contribution in [0.4, 0.5) is 5.69 Å². The number of hydrogen-bond acceptors (Lipinski definition) is 6. The summed E-state index contributed by atoms with van der Waals surface area (Å²) in [6.45, 7) is 1.66. The van der Waals surface area contributed by atoms with Crippen molar-refractivity contribution in [2.45, 2.75) is 57.7 Å². The fourth-order valence-corrected chi connectivity index (χ4v) is 5.45. The van der Waals surface area contributed by atoms with Gasteiger partial charge in [-0.25, -0.2) is 0 Å². The summed E-state index contributed by atoms with van der Waals surface area (Å²) in [5.41, 5.74) is 4.44. The molecule has 2 aliphatic heterocycles. The molecular formula is C31H31N5O5. The Bertz CT molecular complexity index is 1510. The molecule has 41 heavy (non-hydrogen) atoms. The monoisotopic (exact) mass is 553 g/mol. The standard InChI is InChI=1S/C31H31N5O5/c1-19(37)33-26(29(39)34-25-13-3-2-10-22(25)24-12-4-5-17-32-24)14-7-9-20-8-6-11-21-23(20)18-36(31(21)41)27-15-16-28(38)35-30(27)40/h2-6,8,10-13,17,26-27H,7,9,14-16,18H2,1H3,(H,33,37)(H,34,39)(H,35,38,40)/t26-,27?/m0/s1. The van der Waals surface area contributed by atoms with Gasteiger partial charge in [-0.15, -0.1) is 0 Å². The average molecular weight is 554 g/mol. The molecule has 0 bridgehead atoms. The van der Waals surface area contributed by atoms with Gasteiger partial charge in [0.25, 0.3) is 5.91 Å². The van der Waals surface area contributed by atoms with E-state index >= 15 is 0 Å². The summed E-state index contributed by atoms with van der Waals surface area (Å²) in [7, 11) is 0. The molecule has 5 rings (SSSR count). The van der Waals surface area contributed by atoms with Gasteiger partial charge in [0.2, 0.25) is 23.6 Å². The number of piperidine rings is 1. The number of aryl methyl sites for hydroxylation is 1. The number of carbonyl (C=O) groups is 5. The van der Waals surface area contributed by atoms with Crippen LogP contribution in [0.2, 0.25) is 0 Å². The van der Waals surface area contributed by atoms with Crippen molar-refractivity contribution in [1.82, 2.24) is 20.5 Å². The molecule has 1 saturated heterocycles. The molecule has 1 fully saturated rings.